The summed E-state index contributed by atoms with van der Waals surface area (Å²) in [5.41, 5.74) is 1.23. The fraction of sp³-hybridized carbons (Fsp3) is 0.643. The molecular formula is C14H24N4OS. The molecule has 0 aromatic carbocycles. The summed E-state index contributed by atoms with van der Waals surface area (Å²) >= 11 is 1.67. The quantitative estimate of drug-likeness (QED) is 0.812. The minimum atomic E-state index is 0.398. The van der Waals surface area contributed by atoms with Crippen molar-refractivity contribution in [1.29, 1.82) is 0 Å². The lowest BCUT2D eigenvalue weighted by Gasteiger charge is -2.27. The van der Waals surface area contributed by atoms with Crippen molar-refractivity contribution in [1.82, 2.24) is 14.7 Å². The van der Waals surface area contributed by atoms with Crippen LogP contribution in [0.2, 0.25) is 0 Å². The van der Waals surface area contributed by atoms with Crippen molar-refractivity contribution >= 4 is 22.1 Å². The van der Waals surface area contributed by atoms with Gasteiger partial charge in [0.25, 0.3) is 0 Å². The van der Waals surface area contributed by atoms with Crippen LogP contribution in [0.25, 0.3) is 4.96 Å². The van der Waals surface area contributed by atoms with E-state index in [4.69, 9.17) is 9.72 Å². The molecule has 2 aromatic heterocycles. The van der Waals surface area contributed by atoms with Crippen LogP contribution in [0.5, 0.6) is 0 Å². The van der Waals surface area contributed by atoms with Gasteiger partial charge in [-0.25, -0.2) is 4.98 Å². The van der Waals surface area contributed by atoms with Crippen LogP contribution in [0.15, 0.2) is 11.6 Å². The first-order valence-corrected chi connectivity index (χ1v) is 7.97. The molecule has 0 unspecified atom stereocenters. The first-order chi connectivity index (χ1) is 9.69. The predicted molar refractivity (Wildman–Crippen MR) is 84.8 cm³/mol. The number of nitrogens with one attached hydrogen (secondary N) is 1. The minimum absolute atomic E-state index is 0.398. The smallest absolute Gasteiger partial charge is 0.195 e. The third-order valence-corrected chi connectivity index (χ3v) is 4.07. The molecule has 0 aliphatic rings. The van der Waals surface area contributed by atoms with Gasteiger partial charge in [-0.05, 0) is 20.4 Å². The summed E-state index contributed by atoms with van der Waals surface area (Å²) in [4.78, 5) is 8.18. The molecule has 6 heteroatoms. The van der Waals surface area contributed by atoms with Gasteiger partial charge in [-0.3, -0.25) is 4.40 Å². The second kappa shape index (κ2) is 7.06. The Morgan fingerprint density at radius 2 is 2.30 bits per heavy atom. The number of anilines is 1. The monoisotopic (exact) mass is 296 g/mol. The molecule has 0 radical (unpaired) electrons. The summed E-state index contributed by atoms with van der Waals surface area (Å²) in [5.74, 6) is 1.07. The van der Waals surface area contributed by atoms with Gasteiger partial charge in [0.05, 0.1) is 12.3 Å². The Morgan fingerprint density at radius 1 is 1.50 bits per heavy atom. The van der Waals surface area contributed by atoms with Crippen molar-refractivity contribution in [3.05, 3.63) is 17.3 Å². The number of hydrogen-bond donors (Lipinski definition) is 1. The molecule has 20 heavy (non-hydrogen) atoms. The number of ether oxygens (including phenoxy) is 1. The Kier molecular flexibility index (Phi) is 5.39. The molecule has 5 nitrogen and oxygen atoms in total. The maximum atomic E-state index is 5.23. The summed E-state index contributed by atoms with van der Waals surface area (Å²) in [6.07, 6.45) is 2.10. The molecule has 0 fully saturated rings. The van der Waals surface area contributed by atoms with Crippen molar-refractivity contribution in [3.8, 4) is 0 Å². The highest BCUT2D eigenvalue weighted by molar-refractivity contribution is 7.15. The average molecular weight is 296 g/mol. The summed E-state index contributed by atoms with van der Waals surface area (Å²) in [6.45, 7) is 9.87. The molecule has 1 N–H and O–H groups in total. The van der Waals surface area contributed by atoms with Crippen LogP contribution in [0.4, 0.5) is 5.82 Å². The molecular weight excluding hydrogens is 272 g/mol. The summed E-state index contributed by atoms with van der Waals surface area (Å²) < 4.78 is 7.42. The fourth-order valence-corrected chi connectivity index (χ4v) is 2.99. The molecule has 0 atom stereocenters. The van der Waals surface area contributed by atoms with Crippen LogP contribution in [-0.2, 0) is 11.3 Å². The number of thiazole rings is 1. The van der Waals surface area contributed by atoms with Gasteiger partial charge in [0.1, 0.15) is 0 Å². The van der Waals surface area contributed by atoms with Gasteiger partial charge in [-0.15, -0.1) is 11.3 Å². The molecule has 0 spiro atoms. The number of nitrogens with zero attached hydrogens (tertiary/aromatic N) is 3. The Bertz CT molecular complexity index is 534. The maximum Gasteiger partial charge on any atom is 0.195 e. The molecule has 2 heterocycles. The molecule has 0 aliphatic carbocycles. The van der Waals surface area contributed by atoms with E-state index in [9.17, 15) is 0 Å². The number of hydrogen-bond acceptors (Lipinski definition) is 5. The molecule has 2 aromatic rings. The van der Waals surface area contributed by atoms with Gasteiger partial charge in [0, 0.05) is 37.8 Å². The Labute approximate surface area is 124 Å². The van der Waals surface area contributed by atoms with Gasteiger partial charge in [-0.2, -0.15) is 0 Å². The summed E-state index contributed by atoms with van der Waals surface area (Å²) in [7, 11) is 1.74. The van der Waals surface area contributed by atoms with Gasteiger partial charge in [0.2, 0.25) is 0 Å². The highest BCUT2D eigenvalue weighted by atomic mass is 32.1. The lowest BCUT2D eigenvalue weighted by Crippen LogP contribution is -2.35. The van der Waals surface area contributed by atoms with Crippen LogP contribution >= 0.6 is 11.3 Å². The predicted octanol–water partition coefficient (Wildman–Crippen LogP) is 2.37. The second-order valence-corrected chi connectivity index (χ2v) is 5.87. The standard InChI is InChI=1S/C14H24N4OS/c1-5-15-10-12-13(16-14-18(12)7-9-20-14)17(11(2)3)6-8-19-4/h7,9,11,15H,5-6,8,10H2,1-4H3. The zero-order chi connectivity index (χ0) is 14.5. The SMILES string of the molecule is CCNCc1c(N(CCOC)C(C)C)nc2sccn12. The van der Waals surface area contributed by atoms with Crippen LogP contribution in [0.3, 0.4) is 0 Å². The first kappa shape index (κ1) is 15.3. The minimum Gasteiger partial charge on any atom is -0.383 e. The first-order valence-electron chi connectivity index (χ1n) is 7.09. The number of imidazole rings is 1. The number of fused-ring (bicyclic) bond motifs is 1. The van der Waals surface area contributed by atoms with E-state index in [1.807, 2.05) is 0 Å². The van der Waals surface area contributed by atoms with Crippen LogP contribution in [0.1, 0.15) is 26.5 Å². The second-order valence-electron chi connectivity index (χ2n) is 5.00. The van der Waals surface area contributed by atoms with Crippen LogP contribution in [-0.4, -0.2) is 42.2 Å². The zero-order valence-electron chi connectivity index (χ0n) is 12.7. The lowest BCUT2D eigenvalue weighted by molar-refractivity contribution is 0.203. The Hall–Kier alpha value is -1.11. The van der Waals surface area contributed by atoms with E-state index in [1.165, 1.54) is 5.69 Å². The highest BCUT2D eigenvalue weighted by Gasteiger charge is 2.20. The van der Waals surface area contributed by atoms with Crippen LogP contribution in [0, 0.1) is 0 Å². The van der Waals surface area contributed by atoms with E-state index in [-0.39, 0.29) is 0 Å². The number of methoxy groups -OCH3 is 1. The molecule has 0 aliphatic heterocycles. The van der Waals surface area contributed by atoms with Crippen molar-refractivity contribution < 1.29 is 4.74 Å². The lowest BCUT2D eigenvalue weighted by atomic mass is 10.3. The molecule has 0 saturated carbocycles. The van der Waals surface area contributed by atoms with Gasteiger partial charge >= 0.3 is 0 Å². The van der Waals surface area contributed by atoms with Gasteiger partial charge in [0.15, 0.2) is 10.8 Å². The highest BCUT2D eigenvalue weighted by Crippen LogP contribution is 2.26. The molecule has 0 saturated heterocycles. The largest absolute Gasteiger partial charge is 0.383 e. The summed E-state index contributed by atoms with van der Waals surface area (Å²) in [6, 6.07) is 0.398. The van der Waals surface area contributed by atoms with Gasteiger partial charge < -0.3 is 15.0 Å². The van der Waals surface area contributed by atoms with E-state index in [2.05, 4.69) is 47.0 Å². The fourth-order valence-electron chi connectivity index (χ4n) is 2.26. The average Bonchev–Trinajstić information content (AvgIpc) is 2.98. The van der Waals surface area contributed by atoms with Gasteiger partial charge in [-0.1, -0.05) is 6.92 Å². The molecule has 0 amide bonds. The van der Waals surface area contributed by atoms with Crippen LogP contribution < -0.4 is 10.2 Å². The topological polar surface area (TPSA) is 41.8 Å². The normalized spacial score (nSPS) is 11.7. The number of aromatic nitrogens is 2. The third-order valence-electron chi connectivity index (χ3n) is 3.31. The van der Waals surface area contributed by atoms with E-state index in [1.54, 1.807) is 18.4 Å². The number of rotatable bonds is 8. The zero-order valence-corrected chi connectivity index (χ0v) is 13.5. The van der Waals surface area contributed by atoms with Crippen molar-refractivity contribution in [2.75, 3.05) is 31.7 Å². The maximum absolute atomic E-state index is 5.23. The Morgan fingerprint density at radius 3 is 2.95 bits per heavy atom. The molecule has 2 rings (SSSR count). The summed E-state index contributed by atoms with van der Waals surface area (Å²) in [5, 5.41) is 5.49. The third kappa shape index (κ3) is 3.13. The van der Waals surface area contributed by atoms with E-state index in [0.717, 1.165) is 30.4 Å². The molecule has 0 bridgehead atoms. The van der Waals surface area contributed by atoms with E-state index >= 15 is 0 Å². The Balaban J connectivity index is 2.36. The van der Waals surface area contributed by atoms with E-state index in [0.29, 0.717) is 12.6 Å². The van der Waals surface area contributed by atoms with Crippen molar-refractivity contribution in [3.63, 3.8) is 0 Å². The van der Waals surface area contributed by atoms with E-state index < -0.39 is 0 Å². The van der Waals surface area contributed by atoms with Crippen molar-refractivity contribution in [2.24, 2.45) is 0 Å². The van der Waals surface area contributed by atoms with Crippen molar-refractivity contribution in [2.45, 2.75) is 33.4 Å². The molecule has 112 valence electrons.